The molecule has 0 aliphatic rings. The van der Waals surface area contributed by atoms with Crippen LogP contribution in [0, 0.1) is 0 Å². The van der Waals surface area contributed by atoms with Crippen LogP contribution in [-0.4, -0.2) is 194 Å². The van der Waals surface area contributed by atoms with Crippen molar-refractivity contribution in [2.24, 2.45) is 88.8 Å². The summed E-state index contributed by atoms with van der Waals surface area (Å²) < 4.78 is 0. The van der Waals surface area contributed by atoms with Gasteiger partial charge >= 0.3 is 0 Å². The van der Waals surface area contributed by atoms with Gasteiger partial charge in [0, 0.05) is 39.5 Å². The van der Waals surface area contributed by atoms with E-state index in [1.54, 1.807) is 0 Å². The lowest BCUT2D eigenvalue weighted by molar-refractivity contribution is -0.136. The molecule has 0 aliphatic heterocycles. The van der Waals surface area contributed by atoms with Gasteiger partial charge in [0.2, 0.25) is 65.0 Å². The Morgan fingerprint density at radius 1 is 0.356 bits per heavy atom. The molecule has 34 N–H and O–H groups in total. The first kappa shape index (κ1) is 78.1. The second kappa shape index (κ2) is 43.7. The summed E-state index contributed by atoms with van der Waals surface area (Å²) in [5, 5.41) is 33.0. The van der Waals surface area contributed by atoms with Gasteiger partial charge in [0.25, 0.3) is 0 Å². The summed E-state index contributed by atoms with van der Waals surface area (Å²) in [6.45, 7) is 4.02. The van der Waals surface area contributed by atoms with Crippen LogP contribution in [0.5, 0.6) is 0 Å². The largest absolute Gasteiger partial charge is 0.391 e. The van der Waals surface area contributed by atoms with Crippen LogP contribution in [0.4, 0.5) is 0 Å². The number of primary amides is 2. The first-order valence-electron chi connectivity index (χ1n) is 28.5. The molecular weight excluding hydrogens is 1140 g/mol. The zero-order valence-electron chi connectivity index (χ0n) is 50.0. The second-order valence-electron chi connectivity index (χ2n) is 20.3. The van der Waals surface area contributed by atoms with Crippen LogP contribution < -0.4 is 117 Å². The number of carbonyl (C=O) groups excluding carboxylic acids is 11. The van der Waals surface area contributed by atoms with E-state index in [0.29, 0.717) is 19.3 Å². The molecule has 0 fully saturated rings. The highest BCUT2D eigenvalue weighted by atomic mass is 16.3. The molecule has 0 radical (unpaired) electrons. The average Bonchev–Trinajstić information content (AvgIpc) is 2.91. The minimum atomic E-state index is -1.54. The third-order valence-corrected chi connectivity index (χ3v) is 12.7. The Kier molecular flexibility index (Phi) is 39.3. The van der Waals surface area contributed by atoms with Gasteiger partial charge in [-0.2, -0.15) is 0 Å². The molecule has 0 aromatic heterocycles. The second-order valence-corrected chi connectivity index (χ2v) is 20.3. The van der Waals surface area contributed by atoms with Crippen molar-refractivity contribution in [1.82, 2.24) is 47.9 Å². The summed E-state index contributed by atoms with van der Waals surface area (Å²) in [5.74, 6) is -10.6. The van der Waals surface area contributed by atoms with Crippen LogP contribution in [0.1, 0.15) is 124 Å². The number of hydrogen-bond donors (Lipinski definition) is 22. The first-order valence-corrected chi connectivity index (χ1v) is 28.5. The number of carbonyl (C=O) groups is 11. The lowest BCUT2D eigenvalue weighted by Crippen LogP contribution is -2.60. The molecule has 0 spiro atoms. The quantitative estimate of drug-likeness (QED) is 0.0153. The standard InChI is InChI=1S/C50H97N25O12/c1-26(67-40(81)35(68-28(3)77)18-19-36(53)78)39(80)69-31(14-8-22-63-47(55)56)43(84)72-33(16-10-24-65-49(59)60)45(86)73-32(15-9-23-64-48(57)58)44(85)71-29(12-4-6-20-51)41(82)70-30(13-5-7-21-52)42(83)74-34(17-11-25-66-50(61)62)46(87)75-37(27(2)76)38(54)79/h26-27,29-35,37,76H,4-25,51-52H2,1-3H3,(H2,53,78)(H2,54,79)(H,67,81)(H,68,77)(H,69,80)(H,70,82)(H,71,85)(H,72,84)(H,73,86)(H,74,83)(H,75,87)(H4,55,56,63)(H4,57,58,64)(H4,59,60,65)(H4,61,62,66)/t26-,27+,29-,30-,31-,32-,33-,34-,35-,37-/m0/s1. The van der Waals surface area contributed by atoms with E-state index in [1.165, 1.54) is 13.8 Å². The molecule has 494 valence electrons. The molecule has 0 saturated carbocycles. The van der Waals surface area contributed by atoms with E-state index >= 15 is 0 Å². The van der Waals surface area contributed by atoms with Gasteiger partial charge in [-0.1, -0.05) is 0 Å². The number of aliphatic imine (C=N–C) groups is 4. The lowest BCUT2D eigenvalue weighted by Gasteiger charge is -2.28. The van der Waals surface area contributed by atoms with Crippen molar-refractivity contribution < 1.29 is 57.8 Å². The number of amides is 11. The molecule has 0 unspecified atom stereocenters. The number of nitrogens with one attached hydrogen (secondary N) is 9. The highest BCUT2D eigenvalue weighted by Gasteiger charge is 2.35. The third kappa shape index (κ3) is 35.9. The van der Waals surface area contributed by atoms with Crippen molar-refractivity contribution in [3.05, 3.63) is 0 Å². The Morgan fingerprint density at radius 2 is 0.621 bits per heavy atom. The Balaban J connectivity index is 7.30. The molecule has 0 rings (SSSR count). The van der Waals surface area contributed by atoms with Gasteiger partial charge in [0.05, 0.1) is 6.10 Å². The SMILES string of the molecule is CC(=O)N[C@@H](CCC(N)=O)C(=O)N[C@@H](C)C(=O)N[C@@H](CCCN=C(N)N)C(=O)N[C@@H](CCCN=C(N)N)C(=O)N[C@@H](CCCN=C(N)N)C(=O)N[C@@H](CCCCN)C(=O)N[C@@H](CCCCN)C(=O)N[C@@H](CCCN=C(N)N)C(=O)N[C@H](C(N)=O)[C@@H](C)O. The fourth-order valence-electron chi connectivity index (χ4n) is 8.13. The van der Waals surface area contributed by atoms with E-state index in [4.69, 9.17) is 68.8 Å². The van der Waals surface area contributed by atoms with Crippen molar-refractivity contribution in [1.29, 1.82) is 0 Å². The van der Waals surface area contributed by atoms with Crippen LogP contribution in [-0.2, 0) is 52.7 Å². The molecule has 0 aromatic carbocycles. The van der Waals surface area contributed by atoms with Crippen LogP contribution in [0.25, 0.3) is 0 Å². The highest BCUT2D eigenvalue weighted by molar-refractivity contribution is 5.98. The number of unbranched alkanes of at least 4 members (excludes halogenated alkanes) is 2. The van der Waals surface area contributed by atoms with Gasteiger partial charge in [-0.05, 0) is 123 Å². The maximum Gasteiger partial charge on any atom is 0.243 e. The fraction of sp³-hybridized carbons (Fsp3) is 0.700. The maximum atomic E-state index is 14.6. The number of aliphatic hydroxyl groups excluding tert-OH is 1. The molecule has 0 aromatic rings. The summed E-state index contributed by atoms with van der Waals surface area (Å²) in [7, 11) is 0. The number of guanidine groups is 4. The van der Waals surface area contributed by atoms with Crippen LogP contribution >= 0.6 is 0 Å². The topological polar surface area (TPSA) is 678 Å². The average molecular weight is 1240 g/mol. The number of rotatable bonds is 46. The monoisotopic (exact) mass is 1240 g/mol. The zero-order valence-corrected chi connectivity index (χ0v) is 50.0. The van der Waals surface area contributed by atoms with Gasteiger partial charge in [-0.3, -0.25) is 72.7 Å². The predicted octanol–water partition coefficient (Wildman–Crippen LogP) is -10.0. The van der Waals surface area contributed by atoms with E-state index in [1.807, 2.05) is 0 Å². The number of hydrogen-bond acceptors (Lipinski definition) is 18. The Bertz CT molecular complexity index is 2360. The smallest absolute Gasteiger partial charge is 0.243 e. The van der Waals surface area contributed by atoms with E-state index in [-0.39, 0.29) is 147 Å². The molecule has 0 saturated heterocycles. The minimum Gasteiger partial charge on any atom is -0.391 e. The van der Waals surface area contributed by atoms with Crippen molar-refractivity contribution >= 4 is 88.8 Å². The van der Waals surface area contributed by atoms with Crippen LogP contribution in [0.2, 0.25) is 0 Å². The van der Waals surface area contributed by atoms with Gasteiger partial charge in [-0.25, -0.2) is 0 Å². The molecular formula is C50H97N25O12. The van der Waals surface area contributed by atoms with Gasteiger partial charge in [-0.15, -0.1) is 0 Å². The van der Waals surface area contributed by atoms with Crippen molar-refractivity contribution in [2.45, 2.75) is 184 Å². The van der Waals surface area contributed by atoms with E-state index in [0.717, 1.165) is 6.92 Å². The molecule has 10 atom stereocenters. The third-order valence-electron chi connectivity index (χ3n) is 12.7. The number of nitrogens with zero attached hydrogens (tertiary/aromatic N) is 4. The van der Waals surface area contributed by atoms with Gasteiger partial charge < -0.3 is 122 Å². The van der Waals surface area contributed by atoms with Crippen molar-refractivity contribution in [2.75, 3.05) is 39.3 Å². The Morgan fingerprint density at radius 3 is 0.874 bits per heavy atom. The predicted molar refractivity (Wildman–Crippen MR) is 323 cm³/mol. The Labute approximate surface area is 505 Å². The van der Waals surface area contributed by atoms with Gasteiger partial charge in [0.1, 0.15) is 54.4 Å². The molecule has 0 heterocycles. The maximum absolute atomic E-state index is 14.6. The van der Waals surface area contributed by atoms with Gasteiger partial charge in [0.15, 0.2) is 23.8 Å². The van der Waals surface area contributed by atoms with E-state index < -0.39 is 125 Å². The van der Waals surface area contributed by atoms with E-state index in [9.17, 15) is 57.8 Å². The summed E-state index contributed by atoms with van der Waals surface area (Å²) >= 11 is 0. The summed E-state index contributed by atoms with van der Waals surface area (Å²) in [6.07, 6.45) is -0.798. The molecule has 37 nitrogen and oxygen atoms in total. The normalized spacial score (nSPS) is 14.2. The molecule has 0 aliphatic carbocycles. The number of aliphatic hydroxyl groups is 1. The van der Waals surface area contributed by atoms with Crippen molar-refractivity contribution in [3.63, 3.8) is 0 Å². The summed E-state index contributed by atoms with van der Waals surface area (Å²) in [6, 6.07) is -12.7. The van der Waals surface area contributed by atoms with Crippen LogP contribution in [0.3, 0.4) is 0 Å². The minimum absolute atomic E-state index is 0.00739. The molecule has 87 heavy (non-hydrogen) atoms. The highest BCUT2D eigenvalue weighted by Crippen LogP contribution is 2.12. The lowest BCUT2D eigenvalue weighted by atomic mass is 10.0. The molecule has 0 bridgehead atoms. The van der Waals surface area contributed by atoms with Crippen LogP contribution in [0.15, 0.2) is 20.0 Å². The number of nitrogens with two attached hydrogens (primary N) is 12. The molecule has 37 heteroatoms. The molecule has 11 amide bonds. The first-order chi connectivity index (χ1) is 40.9. The van der Waals surface area contributed by atoms with Crippen molar-refractivity contribution in [3.8, 4) is 0 Å². The summed E-state index contributed by atoms with van der Waals surface area (Å²) in [4.78, 5) is 164. The van der Waals surface area contributed by atoms with E-state index in [2.05, 4.69) is 67.8 Å². The fourth-order valence-corrected chi connectivity index (χ4v) is 8.13. The zero-order chi connectivity index (χ0) is 66.2. The summed E-state index contributed by atoms with van der Waals surface area (Å²) in [5.41, 5.74) is 66.3. The Hall–Kier alpha value is -8.87.